The molecule has 10 nitrogen and oxygen atoms in total. The number of hydrogen-bond acceptors (Lipinski definition) is 6. The van der Waals surface area contributed by atoms with Gasteiger partial charge in [-0.05, 0) is 62.5 Å². The largest absolute Gasteiger partial charge is 0.495 e. The van der Waals surface area contributed by atoms with Crippen LogP contribution in [0.5, 0.6) is 5.75 Å². The van der Waals surface area contributed by atoms with Crippen LogP contribution in [0.2, 0.25) is 5.02 Å². The van der Waals surface area contributed by atoms with E-state index in [1.54, 1.807) is 19.2 Å². The molecule has 1 fully saturated rings. The molecule has 0 aromatic heterocycles. The van der Waals surface area contributed by atoms with Gasteiger partial charge in [0.05, 0.1) is 29.5 Å². The number of carbonyl (C=O) groups excluding carboxylic acids is 2. The Morgan fingerprint density at radius 3 is 2.70 bits per heavy atom. The number of anilines is 2. The summed E-state index contributed by atoms with van der Waals surface area (Å²) in [6.45, 7) is 4.47. The Labute approximate surface area is 239 Å². The number of nitrogens with one attached hydrogen (secondary N) is 1. The number of aliphatic imine (C=N–C) groups is 1. The van der Waals surface area contributed by atoms with E-state index in [1.807, 2.05) is 32.0 Å². The molecule has 3 amide bonds. The predicted octanol–water partition coefficient (Wildman–Crippen LogP) is 3.98. The zero-order chi connectivity index (χ0) is 28.8. The molecule has 5 rings (SSSR count). The number of fused-ring (bicyclic) bond motifs is 2. The number of dihydropyridines is 1. The molecule has 0 saturated carbocycles. The van der Waals surface area contributed by atoms with E-state index in [9.17, 15) is 18.0 Å². The van der Waals surface area contributed by atoms with Crippen molar-refractivity contribution in [1.82, 2.24) is 10.2 Å². The average Bonchev–Trinajstić information content (AvgIpc) is 3.12. The van der Waals surface area contributed by atoms with Crippen LogP contribution in [-0.4, -0.2) is 70.4 Å². The van der Waals surface area contributed by atoms with Crippen LogP contribution in [0.25, 0.3) is 0 Å². The Morgan fingerprint density at radius 2 is 1.98 bits per heavy atom. The monoisotopic (exact) mass is 585 g/mol. The second-order valence-corrected chi connectivity index (χ2v) is 12.3. The van der Waals surface area contributed by atoms with Crippen LogP contribution in [-0.2, 0) is 21.2 Å². The second-order valence-electron chi connectivity index (χ2n) is 10.1. The summed E-state index contributed by atoms with van der Waals surface area (Å²) in [5.41, 5.74) is 2.69. The molecule has 40 heavy (non-hydrogen) atoms. The molecule has 1 N–H and O–H groups in total. The lowest BCUT2D eigenvalue weighted by Gasteiger charge is -2.30. The number of halogens is 1. The van der Waals surface area contributed by atoms with Crippen molar-refractivity contribution in [3.8, 4) is 5.75 Å². The highest BCUT2D eigenvalue weighted by atomic mass is 35.5. The van der Waals surface area contributed by atoms with Crippen LogP contribution in [0.15, 0.2) is 57.9 Å². The SMILES string of the molecule is CCN(C)C(=O)C1=NC2C(NC(=O)N2c2cc(S(=O)(=O)N3CCCCc4ccccc43)c(OC)cc2Cl)C(C)=C1. The summed E-state index contributed by atoms with van der Waals surface area (Å²) >= 11 is 6.66. The third kappa shape index (κ3) is 4.71. The van der Waals surface area contributed by atoms with E-state index in [1.165, 1.54) is 33.3 Å². The smallest absolute Gasteiger partial charge is 0.324 e. The summed E-state index contributed by atoms with van der Waals surface area (Å²) in [5.74, 6) is -0.209. The molecule has 2 atom stereocenters. The van der Waals surface area contributed by atoms with Crippen LogP contribution in [0.1, 0.15) is 32.3 Å². The Bertz CT molecular complexity index is 1540. The van der Waals surface area contributed by atoms with Gasteiger partial charge in [-0.1, -0.05) is 29.8 Å². The zero-order valence-corrected chi connectivity index (χ0v) is 24.4. The Hall–Kier alpha value is -3.57. The lowest BCUT2D eigenvalue weighted by Crippen LogP contribution is -2.42. The van der Waals surface area contributed by atoms with E-state index in [-0.39, 0.29) is 33.0 Å². The third-order valence-corrected chi connectivity index (χ3v) is 9.74. The number of rotatable bonds is 6. The first kappa shape index (κ1) is 28.0. The number of amides is 3. The summed E-state index contributed by atoms with van der Waals surface area (Å²) in [6.07, 6.45) is 3.17. The van der Waals surface area contributed by atoms with Crippen LogP contribution in [0.4, 0.5) is 16.2 Å². The summed E-state index contributed by atoms with van der Waals surface area (Å²) in [5, 5.41) is 3.01. The molecule has 2 aromatic rings. The van der Waals surface area contributed by atoms with Gasteiger partial charge in [0.1, 0.15) is 16.4 Å². The van der Waals surface area contributed by atoms with Crippen LogP contribution in [0, 0.1) is 0 Å². The number of benzene rings is 2. The Morgan fingerprint density at radius 1 is 1.23 bits per heavy atom. The van der Waals surface area contributed by atoms with Crippen molar-refractivity contribution in [1.29, 1.82) is 0 Å². The van der Waals surface area contributed by atoms with Gasteiger partial charge in [0.2, 0.25) is 0 Å². The van der Waals surface area contributed by atoms with Crippen molar-refractivity contribution in [2.24, 2.45) is 4.99 Å². The number of aryl methyl sites for hydroxylation is 1. The Balaban J connectivity index is 1.62. The summed E-state index contributed by atoms with van der Waals surface area (Å²) in [7, 11) is -1.07. The minimum atomic E-state index is -4.12. The minimum absolute atomic E-state index is 0.0651. The number of nitrogens with zero attached hydrogens (tertiary/aromatic N) is 4. The van der Waals surface area contributed by atoms with E-state index in [0.29, 0.717) is 25.2 Å². The van der Waals surface area contributed by atoms with Crippen LogP contribution in [0.3, 0.4) is 0 Å². The normalized spacial score (nSPS) is 20.6. The number of ether oxygens (including phenoxy) is 1. The first-order valence-electron chi connectivity index (χ1n) is 13.2. The van der Waals surface area contributed by atoms with Gasteiger partial charge in [0.25, 0.3) is 15.9 Å². The van der Waals surface area contributed by atoms with E-state index >= 15 is 0 Å². The molecule has 1 saturated heterocycles. The number of para-hydroxylation sites is 1. The van der Waals surface area contributed by atoms with E-state index < -0.39 is 28.3 Å². The lowest BCUT2D eigenvalue weighted by atomic mass is 10.0. The first-order chi connectivity index (χ1) is 19.1. The molecule has 0 spiro atoms. The molecule has 0 bridgehead atoms. The quantitative estimate of drug-likeness (QED) is 0.551. The molecule has 2 aromatic carbocycles. The van der Waals surface area contributed by atoms with Gasteiger partial charge in [-0.25, -0.2) is 13.2 Å². The maximum Gasteiger partial charge on any atom is 0.324 e. The molecule has 12 heteroatoms. The molecule has 3 aliphatic rings. The molecular weight excluding hydrogens is 554 g/mol. The van der Waals surface area contributed by atoms with Gasteiger partial charge < -0.3 is 15.0 Å². The fraction of sp³-hybridized carbons (Fsp3) is 0.393. The van der Waals surface area contributed by atoms with Crippen molar-refractivity contribution in [3.63, 3.8) is 0 Å². The number of hydrogen-bond donors (Lipinski definition) is 1. The van der Waals surface area contributed by atoms with Crippen LogP contribution < -0.4 is 19.3 Å². The maximum absolute atomic E-state index is 14.2. The first-order valence-corrected chi connectivity index (χ1v) is 15.0. The fourth-order valence-corrected chi connectivity index (χ4v) is 7.26. The van der Waals surface area contributed by atoms with Gasteiger partial charge in [-0.15, -0.1) is 0 Å². The van der Waals surface area contributed by atoms with Crippen molar-refractivity contribution in [2.75, 3.05) is 36.5 Å². The molecule has 3 heterocycles. The summed E-state index contributed by atoms with van der Waals surface area (Å²) < 4.78 is 35.3. The van der Waals surface area contributed by atoms with Crippen LogP contribution >= 0.6 is 11.6 Å². The van der Waals surface area contributed by atoms with E-state index in [4.69, 9.17) is 16.3 Å². The fourth-order valence-electron chi connectivity index (χ4n) is 5.32. The number of urea groups is 1. The highest BCUT2D eigenvalue weighted by molar-refractivity contribution is 7.93. The maximum atomic E-state index is 14.2. The molecular formula is C28H32ClN5O5S. The topological polar surface area (TPSA) is 112 Å². The predicted molar refractivity (Wildman–Crippen MR) is 155 cm³/mol. The van der Waals surface area contributed by atoms with Crippen molar-refractivity contribution < 1.29 is 22.7 Å². The summed E-state index contributed by atoms with van der Waals surface area (Å²) in [4.78, 5) is 33.6. The third-order valence-electron chi connectivity index (χ3n) is 7.61. The molecule has 0 radical (unpaired) electrons. The van der Waals surface area contributed by atoms with Gasteiger partial charge in [0, 0.05) is 26.2 Å². The highest BCUT2D eigenvalue weighted by Gasteiger charge is 2.45. The van der Waals surface area contributed by atoms with Gasteiger partial charge in [-0.3, -0.25) is 19.0 Å². The van der Waals surface area contributed by atoms with E-state index in [2.05, 4.69) is 10.3 Å². The molecule has 212 valence electrons. The molecule has 2 unspecified atom stereocenters. The Kier molecular flexibility index (Phi) is 7.54. The molecule has 0 aliphatic carbocycles. The zero-order valence-electron chi connectivity index (χ0n) is 22.8. The van der Waals surface area contributed by atoms with Crippen molar-refractivity contribution in [3.05, 3.63) is 58.6 Å². The highest BCUT2D eigenvalue weighted by Crippen LogP contribution is 2.42. The van der Waals surface area contributed by atoms with Gasteiger partial charge in [-0.2, -0.15) is 0 Å². The number of carbonyl (C=O) groups is 2. The van der Waals surface area contributed by atoms with Crippen molar-refractivity contribution >= 4 is 50.6 Å². The van der Waals surface area contributed by atoms with Crippen molar-refractivity contribution in [2.45, 2.75) is 50.2 Å². The average molecular weight is 586 g/mol. The number of methoxy groups -OCH3 is 1. The lowest BCUT2D eigenvalue weighted by molar-refractivity contribution is -0.122. The van der Waals surface area contributed by atoms with E-state index in [0.717, 1.165) is 24.0 Å². The second kappa shape index (κ2) is 10.8. The van der Waals surface area contributed by atoms with Gasteiger partial charge >= 0.3 is 6.03 Å². The summed E-state index contributed by atoms with van der Waals surface area (Å²) in [6, 6.07) is 9.22. The standard InChI is InChI=1S/C28H32ClN5O5S/c1-5-32(3)27(35)20-14-17(2)25-26(30-20)34(28(36)31-25)22-16-24(23(39-4)15-19(22)29)40(37,38)33-13-9-8-11-18-10-6-7-12-21(18)33/h6-7,10,12,14-16,25-26H,5,8-9,11,13H2,1-4H3,(H,31,36). The number of sulfonamides is 1. The minimum Gasteiger partial charge on any atom is -0.495 e. The van der Waals surface area contributed by atoms with Gasteiger partial charge in [0.15, 0.2) is 6.17 Å². The molecule has 3 aliphatic heterocycles.